The van der Waals surface area contributed by atoms with Crippen LogP contribution in [0.2, 0.25) is 0 Å². The summed E-state index contributed by atoms with van der Waals surface area (Å²) < 4.78 is 0. The molecule has 2 nitrogen and oxygen atoms in total. The third-order valence-corrected chi connectivity index (χ3v) is 5.32. The molecule has 0 aromatic carbocycles. The van der Waals surface area contributed by atoms with Crippen LogP contribution in [0.1, 0.15) is 103 Å². The molecule has 0 aliphatic rings. The molecule has 0 aliphatic heterocycles. The SMILES string of the molecule is CCCCCCCCCCCCCCCC(CCSC)C(=O)O. The Hall–Kier alpha value is -0.180. The summed E-state index contributed by atoms with van der Waals surface area (Å²) in [6, 6.07) is 0. The number of hydrogen-bond acceptors (Lipinski definition) is 2. The summed E-state index contributed by atoms with van der Waals surface area (Å²) in [4.78, 5) is 11.1. The normalized spacial score (nSPS) is 12.4. The van der Waals surface area contributed by atoms with Crippen molar-refractivity contribution in [2.24, 2.45) is 5.92 Å². The third kappa shape index (κ3) is 16.5. The molecular formula is C20H40O2S. The van der Waals surface area contributed by atoms with Gasteiger partial charge in [0.1, 0.15) is 0 Å². The van der Waals surface area contributed by atoms with Crippen LogP contribution in [0.15, 0.2) is 0 Å². The molecule has 1 atom stereocenters. The monoisotopic (exact) mass is 344 g/mol. The van der Waals surface area contributed by atoms with Crippen LogP contribution in [-0.4, -0.2) is 23.1 Å². The zero-order valence-corrected chi connectivity index (χ0v) is 16.5. The summed E-state index contributed by atoms with van der Waals surface area (Å²) in [5, 5.41) is 9.18. The standard InChI is InChI=1S/C20H40O2S/c1-3-4-5-6-7-8-9-10-11-12-13-14-15-16-19(20(21)22)17-18-23-2/h19H,3-18H2,1-2H3,(H,21,22). The summed E-state index contributed by atoms with van der Waals surface area (Å²) in [5.74, 6) is 0.253. The minimum absolute atomic E-state index is 0.116. The van der Waals surface area contributed by atoms with Gasteiger partial charge in [0.2, 0.25) is 0 Å². The van der Waals surface area contributed by atoms with Gasteiger partial charge in [-0.25, -0.2) is 0 Å². The van der Waals surface area contributed by atoms with Crippen LogP contribution in [0.25, 0.3) is 0 Å². The average molecular weight is 345 g/mol. The Balaban J connectivity index is 3.27. The van der Waals surface area contributed by atoms with Crippen LogP contribution in [-0.2, 0) is 4.79 Å². The second kappa shape index (κ2) is 18.2. The molecule has 1 unspecified atom stereocenters. The van der Waals surface area contributed by atoms with E-state index in [0.29, 0.717) is 0 Å². The Bertz CT molecular complexity index is 256. The molecule has 0 aliphatic carbocycles. The van der Waals surface area contributed by atoms with Crippen molar-refractivity contribution in [1.29, 1.82) is 0 Å². The van der Waals surface area contributed by atoms with E-state index in [9.17, 15) is 9.90 Å². The van der Waals surface area contributed by atoms with Crippen molar-refractivity contribution in [3.8, 4) is 0 Å². The smallest absolute Gasteiger partial charge is 0.306 e. The molecule has 0 amide bonds. The van der Waals surface area contributed by atoms with Crippen molar-refractivity contribution >= 4 is 17.7 Å². The Kier molecular flexibility index (Phi) is 18.0. The van der Waals surface area contributed by atoms with Gasteiger partial charge in [-0.15, -0.1) is 0 Å². The van der Waals surface area contributed by atoms with Gasteiger partial charge in [0.05, 0.1) is 5.92 Å². The molecule has 0 aromatic heterocycles. The van der Waals surface area contributed by atoms with Crippen molar-refractivity contribution in [3.05, 3.63) is 0 Å². The molecule has 23 heavy (non-hydrogen) atoms. The van der Waals surface area contributed by atoms with Gasteiger partial charge in [-0.05, 0) is 24.9 Å². The van der Waals surface area contributed by atoms with Crippen LogP contribution < -0.4 is 0 Å². The summed E-state index contributed by atoms with van der Waals surface area (Å²) in [5.41, 5.74) is 0. The first-order valence-electron chi connectivity index (χ1n) is 9.94. The highest BCUT2D eigenvalue weighted by molar-refractivity contribution is 7.98. The van der Waals surface area contributed by atoms with E-state index in [0.717, 1.165) is 25.0 Å². The van der Waals surface area contributed by atoms with E-state index in [4.69, 9.17) is 0 Å². The van der Waals surface area contributed by atoms with Crippen molar-refractivity contribution in [2.45, 2.75) is 103 Å². The highest BCUT2D eigenvalue weighted by Crippen LogP contribution is 2.18. The zero-order chi connectivity index (χ0) is 17.2. The molecule has 0 spiro atoms. The van der Waals surface area contributed by atoms with E-state index in [1.54, 1.807) is 11.8 Å². The minimum atomic E-state index is -0.599. The highest BCUT2D eigenvalue weighted by Gasteiger charge is 2.15. The number of carboxylic acid groups (broad SMARTS) is 1. The van der Waals surface area contributed by atoms with Crippen molar-refractivity contribution in [3.63, 3.8) is 0 Å². The zero-order valence-electron chi connectivity index (χ0n) is 15.7. The lowest BCUT2D eigenvalue weighted by atomic mass is 9.98. The number of unbranched alkanes of at least 4 members (excludes halogenated alkanes) is 12. The lowest BCUT2D eigenvalue weighted by Crippen LogP contribution is -2.14. The van der Waals surface area contributed by atoms with Crippen molar-refractivity contribution in [2.75, 3.05) is 12.0 Å². The Morgan fingerprint density at radius 3 is 1.61 bits per heavy atom. The largest absolute Gasteiger partial charge is 0.481 e. The van der Waals surface area contributed by atoms with Gasteiger partial charge in [-0.3, -0.25) is 4.79 Å². The highest BCUT2D eigenvalue weighted by atomic mass is 32.2. The minimum Gasteiger partial charge on any atom is -0.481 e. The van der Waals surface area contributed by atoms with E-state index in [-0.39, 0.29) is 5.92 Å². The van der Waals surface area contributed by atoms with E-state index in [1.807, 2.05) is 6.26 Å². The number of carbonyl (C=O) groups is 1. The van der Waals surface area contributed by atoms with Crippen LogP contribution in [0.3, 0.4) is 0 Å². The lowest BCUT2D eigenvalue weighted by Gasteiger charge is -2.11. The fourth-order valence-corrected chi connectivity index (χ4v) is 3.58. The number of aliphatic carboxylic acids is 1. The molecule has 138 valence electrons. The van der Waals surface area contributed by atoms with Gasteiger partial charge in [-0.1, -0.05) is 90.4 Å². The molecule has 0 saturated heterocycles. The second-order valence-electron chi connectivity index (χ2n) is 6.85. The number of carboxylic acids is 1. The summed E-state index contributed by atoms with van der Waals surface area (Å²) in [7, 11) is 0. The molecule has 0 rings (SSSR count). The molecular weight excluding hydrogens is 304 g/mol. The Morgan fingerprint density at radius 1 is 0.783 bits per heavy atom. The third-order valence-electron chi connectivity index (χ3n) is 4.68. The first kappa shape index (κ1) is 22.8. The predicted octanol–water partition coefficient (Wildman–Crippen LogP) is 6.92. The molecule has 0 heterocycles. The predicted molar refractivity (Wildman–Crippen MR) is 104 cm³/mol. The number of thioether (sulfide) groups is 1. The van der Waals surface area contributed by atoms with Gasteiger partial charge in [0.25, 0.3) is 0 Å². The maximum atomic E-state index is 11.1. The Morgan fingerprint density at radius 2 is 1.22 bits per heavy atom. The average Bonchev–Trinajstić information content (AvgIpc) is 2.54. The quantitative estimate of drug-likeness (QED) is 0.274. The van der Waals surface area contributed by atoms with E-state index in [2.05, 4.69) is 6.92 Å². The summed E-state index contributed by atoms with van der Waals surface area (Å²) in [6.07, 6.45) is 21.2. The summed E-state index contributed by atoms with van der Waals surface area (Å²) in [6.45, 7) is 2.27. The molecule has 0 aromatic rings. The number of rotatable bonds is 18. The van der Waals surface area contributed by atoms with Crippen LogP contribution in [0, 0.1) is 5.92 Å². The van der Waals surface area contributed by atoms with Crippen LogP contribution in [0.4, 0.5) is 0 Å². The van der Waals surface area contributed by atoms with Gasteiger partial charge in [0, 0.05) is 0 Å². The molecule has 1 N–H and O–H groups in total. The topological polar surface area (TPSA) is 37.3 Å². The molecule has 3 heteroatoms. The molecule has 0 bridgehead atoms. The van der Waals surface area contributed by atoms with Crippen LogP contribution >= 0.6 is 11.8 Å². The maximum absolute atomic E-state index is 11.1. The number of hydrogen-bond donors (Lipinski definition) is 1. The molecule has 0 saturated carbocycles. The fraction of sp³-hybridized carbons (Fsp3) is 0.950. The van der Waals surface area contributed by atoms with E-state index in [1.165, 1.54) is 77.0 Å². The summed E-state index contributed by atoms with van der Waals surface area (Å²) >= 11 is 1.75. The Labute approximate surface area is 149 Å². The van der Waals surface area contributed by atoms with Crippen molar-refractivity contribution < 1.29 is 9.90 Å². The van der Waals surface area contributed by atoms with E-state index >= 15 is 0 Å². The van der Waals surface area contributed by atoms with E-state index < -0.39 is 5.97 Å². The van der Waals surface area contributed by atoms with Gasteiger partial charge in [0.15, 0.2) is 0 Å². The van der Waals surface area contributed by atoms with Gasteiger partial charge < -0.3 is 5.11 Å². The first-order chi connectivity index (χ1) is 11.2. The fourth-order valence-electron chi connectivity index (χ4n) is 3.06. The first-order valence-corrected chi connectivity index (χ1v) is 11.3. The van der Waals surface area contributed by atoms with Crippen LogP contribution in [0.5, 0.6) is 0 Å². The molecule has 0 radical (unpaired) electrons. The molecule has 0 fully saturated rings. The van der Waals surface area contributed by atoms with Gasteiger partial charge in [-0.2, -0.15) is 11.8 Å². The lowest BCUT2D eigenvalue weighted by molar-refractivity contribution is -0.142. The van der Waals surface area contributed by atoms with Gasteiger partial charge >= 0.3 is 5.97 Å². The second-order valence-corrected chi connectivity index (χ2v) is 7.83. The van der Waals surface area contributed by atoms with Crippen molar-refractivity contribution in [1.82, 2.24) is 0 Å². The maximum Gasteiger partial charge on any atom is 0.306 e.